The van der Waals surface area contributed by atoms with E-state index >= 15 is 0 Å². The van der Waals surface area contributed by atoms with Gasteiger partial charge in [0.2, 0.25) is 29.5 Å². The van der Waals surface area contributed by atoms with Crippen LogP contribution < -0.4 is 47.9 Å². The van der Waals surface area contributed by atoms with Crippen LogP contribution in [0.2, 0.25) is 0 Å². The molecule has 33 nitrogen and oxygen atoms in total. The minimum atomic E-state index is -3.78. The van der Waals surface area contributed by atoms with Crippen LogP contribution in [0.25, 0.3) is 0 Å². The number of carboxylic acid groups (broad SMARTS) is 3. The number of aliphatic carboxylic acids is 3. The van der Waals surface area contributed by atoms with Crippen molar-refractivity contribution in [1.82, 2.24) is 70.8 Å². The van der Waals surface area contributed by atoms with Crippen LogP contribution in [0.4, 0.5) is 0 Å². The van der Waals surface area contributed by atoms with E-state index < -0.39 is 28.1 Å². The van der Waals surface area contributed by atoms with E-state index in [9.17, 15) is 76.5 Å². The summed E-state index contributed by atoms with van der Waals surface area (Å²) in [5.74, 6) is -5.40. The SMILES string of the molecule is CC(=O)C[C@H](C)[C@H]1C(=O)N2C(C(=O)O)=C(S[C@@H]3CN[C@H](C(=O)N4CC[C@@H](CN)C4)C3)[C@H](C)[C@H]12.CNCC(=O)C[C@H](C)[C@H]1C(=O)N2C(C(=O)O)=C(S[C@@H]3CN[C@H](C(=O)N4CC[C@H](n5cc(CN)nn5)C4)C3)[C@H](C)[C@H]12.CNCC(=O)C[C@H](C)[C@H]1C(=O)N2C(C(=O)O)=C(S[C@@H]3CN[C@H](CNS(N)(=O)=O)C3)[C@H](C)[C@H]12. The smallest absolute Gasteiger partial charge is 0.353 e. The number of aromatic nitrogens is 3. The van der Waals surface area contributed by atoms with Crippen molar-refractivity contribution in [3.8, 4) is 0 Å². The number of amides is 5. The summed E-state index contributed by atoms with van der Waals surface area (Å²) in [7, 11) is -0.376. The van der Waals surface area contributed by atoms with Crippen molar-refractivity contribution in [2.45, 2.75) is 164 Å². The average molecular weight is 1540 g/mol. The molecule has 12 heterocycles. The highest BCUT2D eigenvalue weighted by Gasteiger charge is 2.63. The van der Waals surface area contributed by atoms with E-state index in [2.05, 4.69) is 41.6 Å². The standard InChI is InChI=1S/C26H38N8O5S.C23H34N4O5S.C19H31N5O6S2/c1-13(6-17(35)9-28-3)20-21-14(2)23(22(26(38)39)34(21)25(20)37)40-18-7-19(29-10-18)24(36)32-5-4-16(12-32)33-11-15(8-27)30-31-33;1-11(6-12(2)28)17-18-13(3)20(19(23(31)32)27(18)22(17)30)33-15-7-16(25-9-15)21(29)26-5-4-14(8-24)10-26;1-9(4-12(25)7-21-3)14-15-10(2)17(16(19(27)28)24(15)18(14)26)31-13-5-11(22-8-13)6-23-32(20,29)30/h11,13-14,16,18-21,28-29H,4-10,12,27H2,1-3H3,(H,38,39);11,13-18,25H,4-10,24H2,1-3H3,(H,31,32);9-11,13-15,21-23H,4-8H2,1-3H3,(H,27,28)(H2,20,29,30)/t13-,14+,16-,18-,19-,20+,21+;11-,13+,14-,15-,16-,17+,18+;9-,10+,11-,13-,14+,15+/m000/s1. The number of carboxylic acids is 3. The molecule has 37 heteroatoms. The molecule has 580 valence electrons. The zero-order valence-corrected chi connectivity index (χ0v) is 64.1. The van der Waals surface area contributed by atoms with Crippen molar-refractivity contribution < 1.29 is 76.5 Å². The number of Topliss-reactive ketones (excluding diaryl/α,β-unsaturated/α-hetero) is 3. The van der Waals surface area contributed by atoms with Gasteiger partial charge in [-0.1, -0.05) is 46.8 Å². The Bertz CT molecular complexity index is 3780. The van der Waals surface area contributed by atoms with E-state index in [4.69, 9.17) is 16.6 Å². The number of ketones is 3. The first kappa shape index (κ1) is 81.3. The molecule has 0 spiro atoms. The number of thioether (sulfide) groups is 3. The second-order valence-electron chi connectivity index (χ2n) is 30.1. The van der Waals surface area contributed by atoms with Gasteiger partial charge in [-0.05, 0) is 83.3 Å². The highest BCUT2D eigenvalue weighted by molar-refractivity contribution is 8.04. The van der Waals surface area contributed by atoms with E-state index in [0.717, 1.165) is 19.4 Å². The third-order valence-electron chi connectivity index (χ3n) is 22.6. The number of likely N-dealkylation sites (N-methyl/N-ethyl adjacent to an activating group) is 2. The summed E-state index contributed by atoms with van der Waals surface area (Å²) in [6.45, 7) is 19.0. The van der Waals surface area contributed by atoms with Crippen molar-refractivity contribution in [2.75, 3.05) is 86.1 Å². The lowest BCUT2D eigenvalue weighted by molar-refractivity contribution is -0.160. The molecule has 0 unspecified atom stereocenters. The number of nitrogens with two attached hydrogens (primary N) is 3. The molecule has 11 aliphatic heterocycles. The molecule has 1 aromatic heterocycles. The molecule has 0 aliphatic carbocycles. The van der Waals surface area contributed by atoms with Gasteiger partial charge < -0.3 is 82.7 Å². The van der Waals surface area contributed by atoms with Gasteiger partial charge in [-0.3, -0.25) is 33.6 Å². The largest absolute Gasteiger partial charge is 0.477 e. The van der Waals surface area contributed by atoms with E-state index in [1.54, 1.807) is 18.8 Å². The van der Waals surface area contributed by atoms with Gasteiger partial charge in [0, 0.05) is 132 Å². The molecule has 15 N–H and O–H groups in total. The van der Waals surface area contributed by atoms with Crippen molar-refractivity contribution in [3.63, 3.8) is 0 Å². The lowest BCUT2D eigenvalue weighted by atomic mass is 9.73. The van der Waals surface area contributed by atoms with E-state index in [1.165, 1.54) is 56.9 Å². The second kappa shape index (κ2) is 34.1. The Morgan fingerprint density at radius 1 is 0.619 bits per heavy atom. The van der Waals surface area contributed by atoms with Crippen LogP contribution in [0.1, 0.15) is 112 Å². The summed E-state index contributed by atoms with van der Waals surface area (Å²) >= 11 is 4.40. The second-order valence-corrected chi connectivity index (χ2v) is 35.5. The molecule has 8 saturated heterocycles. The van der Waals surface area contributed by atoms with Crippen molar-refractivity contribution in [3.05, 3.63) is 43.7 Å². The number of carbonyl (C=O) groups is 11. The van der Waals surface area contributed by atoms with E-state index in [-0.39, 0.29) is 208 Å². The first-order valence-corrected chi connectivity index (χ1v) is 40.5. The Balaban J connectivity index is 0.000000170. The molecule has 20 atom stereocenters. The van der Waals surface area contributed by atoms with Crippen molar-refractivity contribution in [2.24, 2.45) is 75.8 Å². The maximum absolute atomic E-state index is 13.3. The summed E-state index contributed by atoms with van der Waals surface area (Å²) in [4.78, 5) is 147. The fraction of sp³-hybridized carbons (Fsp3) is 0.721. The maximum atomic E-state index is 13.3. The molecule has 1 aromatic rings. The van der Waals surface area contributed by atoms with Gasteiger partial charge in [-0.15, -0.1) is 40.4 Å². The van der Waals surface area contributed by atoms with Crippen LogP contribution >= 0.6 is 35.3 Å². The van der Waals surface area contributed by atoms with Gasteiger partial charge in [0.25, 0.3) is 10.2 Å². The lowest BCUT2D eigenvalue weighted by Gasteiger charge is -2.47. The predicted molar refractivity (Wildman–Crippen MR) is 390 cm³/mol. The number of nitrogens with one attached hydrogen (secondary N) is 6. The highest BCUT2D eigenvalue weighted by atomic mass is 32.2. The summed E-state index contributed by atoms with van der Waals surface area (Å²) < 4.78 is 26.3. The fourth-order valence-electron chi connectivity index (χ4n) is 17.5. The van der Waals surface area contributed by atoms with Gasteiger partial charge >= 0.3 is 17.9 Å². The van der Waals surface area contributed by atoms with E-state index in [0.29, 0.717) is 104 Å². The minimum Gasteiger partial charge on any atom is -0.477 e. The van der Waals surface area contributed by atoms with Gasteiger partial charge in [0.15, 0.2) is 0 Å². The van der Waals surface area contributed by atoms with Crippen LogP contribution in [-0.4, -0.2) is 266 Å². The molecule has 11 aliphatic rings. The Labute approximate surface area is 624 Å². The Kier molecular flexibility index (Phi) is 26.4. The van der Waals surface area contributed by atoms with Crippen LogP contribution in [0.15, 0.2) is 38.0 Å². The molecule has 0 aromatic carbocycles. The number of rotatable bonds is 30. The van der Waals surface area contributed by atoms with Crippen LogP contribution in [-0.2, 0) is 69.5 Å². The number of carbonyl (C=O) groups excluding carboxylic acids is 8. The highest BCUT2D eigenvalue weighted by Crippen LogP contribution is 2.56. The number of fused-ring (bicyclic) bond motifs is 3. The Morgan fingerprint density at radius 3 is 1.41 bits per heavy atom. The molecule has 105 heavy (non-hydrogen) atoms. The fourth-order valence-corrected chi connectivity index (χ4v) is 22.5. The number of nitrogens with zero attached hydrogens (tertiary/aromatic N) is 8. The van der Waals surface area contributed by atoms with Gasteiger partial charge in [0.1, 0.15) is 34.4 Å². The molecule has 12 rings (SSSR count). The van der Waals surface area contributed by atoms with Gasteiger partial charge in [-0.25, -0.2) is 28.9 Å². The lowest BCUT2D eigenvalue weighted by Crippen LogP contribution is -2.62. The zero-order chi connectivity index (χ0) is 76.5. The number of likely N-dealkylation sites (tertiary alicyclic amines) is 2. The molecular formula is C68H103N17O16S4. The zero-order valence-electron chi connectivity index (χ0n) is 60.9. The maximum Gasteiger partial charge on any atom is 0.353 e. The van der Waals surface area contributed by atoms with Crippen LogP contribution in [0, 0.1) is 59.2 Å². The topological polar surface area (TPSA) is 480 Å². The molecule has 0 saturated carbocycles. The molecule has 8 fully saturated rings. The predicted octanol–water partition coefficient (Wildman–Crippen LogP) is -0.962. The van der Waals surface area contributed by atoms with Crippen molar-refractivity contribution >= 4 is 110 Å². The molecule has 0 radical (unpaired) electrons. The third kappa shape index (κ3) is 17.3. The van der Waals surface area contributed by atoms with Crippen molar-refractivity contribution in [1.29, 1.82) is 0 Å². The number of hydrogen-bond acceptors (Lipinski definition) is 25. The minimum absolute atomic E-state index is 0.00320. The average Bonchev–Trinajstić information content (AvgIpc) is 1.57. The Hall–Kier alpha value is -6.23. The molecule has 5 amide bonds. The monoisotopic (exact) mass is 1540 g/mol. The van der Waals surface area contributed by atoms with Crippen LogP contribution in [0.5, 0.6) is 0 Å². The summed E-state index contributed by atoms with van der Waals surface area (Å²) in [6.07, 6.45) is 6.25. The van der Waals surface area contributed by atoms with Crippen LogP contribution in [0.3, 0.4) is 0 Å². The van der Waals surface area contributed by atoms with Gasteiger partial charge in [-0.2, -0.15) is 8.42 Å². The summed E-state index contributed by atoms with van der Waals surface area (Å²) in [5.41, 5.74) is 12.3. The van der Waals surface area contributed by atoms with E-state index in [1.807, 2.05) is 57.5 Å². The number of hydrogen-bond donors (Lipinski definition) is 12. The molecule has 0 bridgehead atoms. The van der Waals surface area contributed by atoms with Gasteiger partial charge in [0.05, 0.1) is 79.0 Å². The molecular weight excluding hydrogens is 1440 g/mol. The normalized spacial score (nSPS) is 31.9. The first-order chi connectivity index (χ1) is 49.7. The summed E-state index contributed by atoms with van der Waals surface area (Å²) in [5, 5.41) is 58.6. The number of β-lactam (4-membered cyclic amide) rings is 3. The first-order valence-electron chi connectivity index (χ1n) is 36.3. The summed E-state index contributed by atoms with van der Waals surface area (Å²) in [6, 6.07) is -1.40. The quantitative estimate of drug-likeness (QED) is 0.0413. The Morgan fingerprint density at radius 2 is 1.03 bits per heavy atom. The third-order valence-corrected chi connectivity index (χ3v) is 27.7.